The zero-order chi connectivity index (χ0) is 9.19. The van der Waals surface area contributed by atoms with E-state index in [2.05, 4.69) is 4.90 Å². The first-order chi connectivity index (χ1) is 5.60. The first kappa shape index (κ1) is 9.48. The van der Waals surface area contributed by atoms with Crippen LogP contribution >= 0.6 is 0 Å². The van der Waals surface area contributed by atoms with Crippen LogP contribution in [0, 0.1) is 5.41 Å². The molecular formula is C8H17N3O. The Morgan fingerprint density at radius 3 is 2.67 bits per heavy atom. The van der Waals surface area contributed by atoms with Gasteiger partial charge in [-0.25, -0.2) is 0 Å². The van der Waals surface area contributed by atoms with E-state index in [1.54, 1.807) is 0 Å². The Morgan fingerprint density at radius 2 is 2.33 bits per heavy atom. The summed E-state index contributed by atoms with van der Waals surface area (Å²) in [5.41, 5.74) is 10.4. The number of primary amides is 1. The maximum atomic E-state index is 11.2. The quantitative estimate of drug-likeness (QED) is 0.568. The van der Waals surface area contributed by atoms with Crippen molar-refractivity contribution in [1.29, 1.82) is 0 Å². The smallest absolute Gasteiger partial charge is 0.226 e. The highest BCUT2D eigenvalue weighted by molar-refractivity contribution is 5.81. The Balaban J connectivity index is 2.71. The van der Waals surface area contributed by atoms with E-state index >= 15 is 0 Å². The van der Waals surface area contributed by atoms with Crippen LogP contribution in [0.25, 0.3) is 0 Å². The number of nitrogens with two attached hydrogens (primary N) is 2. The van der Waals surface area contributed by atoms with Crippen LogP contribution in [-0.2, 0) is 4.79 Å². The molecular weight excluding hydrogens is 154 g/mol. The number of rotatable bonds is 2. The zero-order valence-electron chi connectivity index (χ0n) is 7.55. The van der Waals surface area contributed by atoms with Gasteiger partial charge in [-0.05, 0) is 26.4 Å². The van der Waals surface area contributed by atoms with Gasteiger partial charge < -0.3 is 16.4 Å². The second-order valence-corrected chi connectivity index (χ2v) is 3.69. The van der Waals surface area contributed by atoms with Gasteiger partial charge >= 0.3 is 0 Å². The molecule has 0 aromatic rings. The van der Waals surface area contributed by atoms with Gasteiger partial charge in [0.1, 0.15) is 0 Å². The van der Waals surface area contributed by atoms with Crippen molar-refractivity contribution in [2.24, 2.45) is 16.9 Å². The summed E-state index contributed by atoms with van der Waals surface area (Å²) in [7, 11) is 1.99. The monoisotopic (exact) mass is 171 g/mol. The normalized spacial score (nSPS) is 31.8. The number of carbonyl (C=O) groups is 1. The highest BCUT2D eigenvalue weighted by Gasteiger charge is 2.38. The summed E-state index contributed by atoms with van der Waals surface area (Å²) in [6.07, 6.45) is 1.85. The molecule has 1 rings (SSSR count). The Hall–Kier alpha value is -0.610. The number of piperidine rings is 1. The first-order valence-corrected chi connectivity index (χ1v) is 4.29. The minimum absolute atomic E-state index is 0.253. The van der Waals surface area contributed by atoms with E-state index in [0.717, 1.165) is 19.4 Å². The van der Waals surface area contributed by atoms with Gasteiger partial charge in [0.05, 0.1) is 5.41 Å². The number of hydrogen-bond donors (Lipinski definition) is 2. The van der Waals surface area contributed by atoms with Gasteiger partial charge in [-0.15, -0.1) is 0 Å². The number of amides is 1. The molecule has 0 bridgehead atoms. The van der Waals surface area contributed by atoms with Gasteiger partial charge in [-0.2, -0.15) is 0 Å². The minimum Gasteiger partial charge on any atom is -0.369 e. The fourth-order valence-corrected chi connectivity index (χ4v) is 1.83. The van der Waals surface area contributed by atoms with Gasteiger partial charge in [0.25, 0.3) is 0 Å². The summed E-state index contributed by atoms with van der Waals surface area (Å²) in [5.74, 6) is -0.253. The van der Waals surface area contributed by atoms with E-state index < -0.39 is 5.41 Å². The number of likely N-dealkylation sites (tertiary alicyclic amines) is 1. The average Bonchev–Trinajstić information content (AvgIpc) is 2.04. The lowest BCUT2D eigenvalue weighted by Gasteiger charge is -2.38. The van der Waals surface area contributed by atoms with E-state index in [1.807, 2.05) is 7.05 Å². The van der Waals surface area contributed by atoms with Gasteiger partial charge in [0, 0.05) is 13.1 Å². The predicted octanol–water partition coefficient (Wildman–Crippen LogP) is -0.858. The minimum atomic E-state index is -0.465. The fraction of sp³-hybridized carbons (Fsp3) is 0.875. The molecule has 1 heterocycles. The third-order valence-electron chi connectivity index (χ3n) is 2.68. The highest BCUT2D eigenvalue weighted by atomic mass is 16.1. The van der Waals surface area contributed by atoms with Gasteiger partial charge in [-0.1, -0.05) is 0 Å². The Kier molecular flexibility index (Phi) is 2.69. The van der Waals surface area contributed by atoms with Crippen LogP contribution in [0.3, 0.4) is 0 Å². The van der Waals surface area contributed by atoms with Crippen molar-refractivity contribution < 1.29 is 4.79 Å². The third kappa shape index (κ3) is 1.59. The van der Waals surface area contributed by atoms with Crippen molar-refractivity contribution >= 4 is 5.91 Å². The molecule has 1 aliphatic heterocycles. The molecule has 12 heavy (non-hydrogen) atoms. The number of carbonyl (C=O) groups excluding carboxylic acids is 1. The van der Waals surface area contributed by atoms with Crippen molar-refractivity contribution in [1.82, 2.24) is 4.90 Å². The molecule has 1 atom stereocenters. The SMILES string of the molecule is CN1CCCC(CN)(C(N)=O)C1. The van der Waals surface area contributed by atoms with Gasteiger partial charge in [-0.3, -0.25) is 4.79 Å². The van der Waals surface area contributed by atoms with Crippen LogP contribution in [0.5, 0.6) is 0 Å². The van der Waals surface area contributed by atoms with E-state index in [1.165, 1.54) is 0 Å². The van der Waals surface area contributed by atoms with Crippen molar-refractivity contribution in [3.8, 4) is 0 Å². The first-order valence-electron chi connectivity index (χ1n) is 4.29. The topological polar surface area (TPSA) is 72.3 Å². The molecule has 1 amide bonds. The molecule has 1 aliphatic rings. The zero-order valence-corrected chi connectivity index (χ0v) is 7.55. The highest BCUT2D eigenvalue weighted by Crippen LogP contribution is 2.27. The molecule has 0 radical (unpaired) electrons. The van der Waals surface area contributed by atoms with E-state index in [0.29, 0.717) is 13.1 Å². The second kappa shape index (κ2) is 3.41. The summed E-state index contributed by atoms with van der Waals surface area (Å²) in [6.45, 7) is 2.11. The second-order valence-electron chi connectivity index (χ2n) is 3.69. The number of hydrogen-bond acceptors (Lipinski definition) is 3. The van der Waals surface area contributed by atoms with Crippen LogP contribution in [-0.4, -0.2) is 37.5 Å². The lowest BCUT2D eigenvalue weighted by molar-refractivity contribution is -0.130. The largest absolute Gasteiger partial charge is 0.369 e. The van der Waals surface area contributed by atoms with E-state index in [4.69, 9.17) is 11.5 Å². The van der Waals surface area contributed by atoms with Crippen LogP contribution in [0.15, 0.2) is 0 Å². The summed E-state index contributed by atoms with van der Waals surface area (Å²) < 4.78 is 0. The third-order valence-corrected chi connectivity index (χ3v) is 2.68. The molecule has 1 saturated heterocycles. The lowest BCUT2D eigenvalue weighted by Crippen LogP contribution is -2.53. The molecule has 0 aromatic carbocycles. The standard InChI is InChI=1S/C8H17N3O/c1-11-4-2-3-8(5-9,6-11)7(10)12/h2-6,9H2,1H3,(H2,10,12). The van der Waals surface area contributed by atoms with Crippen molar-refractivity contribution in [2.75, 3.05) is 26.7 Å². The van der Waals surface area contributed by atoms with Crippen molar-refractivity contribution in [2.45, 2.75) is 12.8 Å². The Labute approximate surface area is 72.9 Å². The van der Waals surface area contributed by atoms with Gasteiger partial charge in [0.2, 0.25) is 5.91 Å². The maximum Gasteiger partial charge on any atom is 0.226 e. The molecule has 1 unspecified atom stereocenters. The molecule has 0 spiro atoms. The molecule has 0 saturated carbocycles. The number of nitrogens with zero attached hydrogens (tertiary/aromatic N) is 1. The van der Waals surface area contributed by atoms with Crippen LogP contribution < -0.4 is 11.5 Å². The van der Waals surface area contributed by atoms with Gasteiger partial charge in [0.15, 0.2) is 0 Å². The molecule has 0 aliphatic carbocycles. The van der Waals surface area contributed by atoms with E-state index in [9.17, 15) is 4.79 Å². The lowest BCUT2D eigenvalue weighted by atomic mass is 9.79. The molecule has 70 valence electrons. The Morgan fingerprint density at radius 1 is 1.67 bits per heavy atom. The van der Waals surface area contributed by atoms with Crippen LogP contribution in [0.1, 0.15) is 12.8 Å². The van der Waals surface area contributed by atoms with Crippen molar-refractivity contribution in [3.63, 3.8) is 0 Å². The van der Waals surface area contributed by atoms with Crippen molar-refractivity contribution in [3.05, 3.63) is 0 Å². The van der Waals surface area contributed by atoms with E-state index in [-0.39, 0.29) is 5.91 Å². The van der Waals surface area contributed by atoms with Crippen LogP contribution in [0.2, 0.25) is 0 Å². The summed E-state index contributed by atoms with van der Waals surface area (Å²) >= 11 is 0. The van der Waals surface area contributed by atoms with Crippen LogP contribution in [0.4, 0.5) is 0 Å². The molecule has 0 aromatic heterocycles. The molecule has 1 fully saturated rings. The summed E-state index contributed by atoms with van der Waals surface area (Å²) in [6, 6.07) is 0. The molecule has 4 N–H and O–H groups in total. The fourth-order valence-electron chi connectivity index (χ4n) is 1.83. The average molecular weight is 171 g/mol. The summed E-state index contributed by atoms with van der Waals surface area (Å²) in [4.78, 5) is 13.3. The Bertz CT molecular complexity index is 183. The molecule has 4 heteroatoms. The maximum absolute atomic E-state index is 11.2. The summed E-state index contributed by atoms with van der Waals surface area (Å²) in [5, 5.41) is 0. The molecule has 4 nitrogen and oxygen atoms in total. The predicted molar refractivity (Wildman–Crippen MR) is 47.4 cm³/mol.